The molecule has 2 rings (SSSR count). The van der Waals surface area contributed by atoms with E-state index in [0.29, 0.717) is 0 Å². The Morgan fingerprint density at radius 1 is 1.40 bits per heavy atom. The maximum Gasteiger partial charge on any atom is 0.311 e. The van der Waals surface area contributed by atoms with E-state index in [1.54, 1.807) is 0 Å². The molecule has 0 spiro atoms. The molecule has 0 saturated carbocycles. The van der Waals surface area contributed by atoms with Crippen molar-refractivity contribution in [2.75, 3.05) is 11.5 Å². The van der Waals surface area contributed by atoms with Crippen molar-refractivity contribution < 1.29 is 27.1 Å². The van der Waals surface area contributed by atoms with Gasteiger partial charge in [0.25, 0.3) is 0 Å². The Labute approximate surface area is 122 Å². The molecule has 1 heterocycles. The summed E-state index contributed by atoms with van der Waals surface area (Å²) in [6, 6.07) is 2.19. The topological polar surface area (TPSA) is 71.4 Å². The number of rotatable bonds is 3. The van der Waals surface area contributed by atoms with Crippen LogP contribution >= 0.6 is 15.9 Å². The lowest BCUT2D eigenvalue weighted by atomic mass is 9.81. The van der Waals surface area contributed by atoms with Crippen LogP contribution in [0.5, 0.6) is 0 Å². The molecule has 1 aliphatic heterocycles. The molecule has 1 aromatic rings. The van der Waals surface area contributed by atoms with Crippen LogP contribution in [0.1, 0.15) is 12.0 Å². The van der Waals surface area contributed by atoms with Crippen molar-refractivity contribution in [1.82, 2.24) is 0 Å². The monoisotopic (exact) mass is 368 g/mol. The number of hydrogen-bond acceptors (Lipinski definition) is 3. The molecule has 1 unspecified atom stereocenters. The van der Waals surface area contributed by atoms with Gasteiger partial charge >= 0.3 is 5.97 Å². The zero-order valence-corrected chi connectivity index (χ0v) is 12.6. The Hall–Kier alpha value is -1.02. The molecule has 0 bridgehead atoms. The first-order valence-electron chi connectivity index (χ1n) is 5.73. The first-order chi connectivity index (χ1) is 9.17. The third-order valence-corrected chi connectivity index (χ3v) is 5.93. The molecule has 4 nitrogen and oxygen atoms in total. The van der Waals surface area contributed by atoms with E-state index < -0.39 is 50.6 Å². The van der Waals surface area contributed by atoms with E-state index in [0.717, 1.165) is 6.07 Å². The summed E-state index contributed by atoms with van der Waals surface area (Å²) in [5.41, 5.74) is -2.07. The van der Waals surface area contributed by atoms with Gasteiger partial charge in [-0.25, -0.2) is 17.2 Å². The maximum atomic E-state index is 13.9. The molecule has 1 N–H and O–H groups in total. The van der Waals surface area contributed by atoms with Gasteiger partial charge in [0.15, 0.2) is 9.84 Å². The molecular weight excluding hydrogens is 358 g/mol. The minimum atomic E-state index is -3.49. The van der Waals surface area contributed by atoms with Crippen LogP contribution < -0.4 is 0 Å². The maximum absolute atomic E-state index is 13.9. The van der Waals surface area contributed by atoms with E-state index in [2.05, 4.69) is 15.9 Å². The predicted octanol–water partition coefficient (Wildman–Crippen LogP) is 2.16. The first kappa shape index (κ1) is 15.4. The van der Waals surface area contributed by atoms with E-state index in [1.807, 2.05) is 0 Å². The molecule has 1 aliphatic rings. The average molecular weight is 369 g/mol. The largest absolute Gasteiger partial charge is 0.481 e. The molecule has 1 saturated heterocycles. The second-order valence-electron chi connectivity index (χ2n) is 4.93. The SMILES string of the molecule is O=C(O)C1(Cc2c(F)ccc(Br)c2F)CCS(=O)(=O)C1. The molecule has 0 aliphatic carbocycles. The van der Waals surface area contributed by atoms with Crippen LogP contribution in [-0.4, -0.2) is 31.0 Å². The van der Waals surface area contributed by atoms with E-state index in [-0.39, 0.29) is 16.6 Å². The molecule has 20 heavy (non-hydrogen) atoms. The number of carboxylic acid groups (broad SMARTS) is 1. The van der Waals surface area contributed by atoms with Gasteiger partial charge in [-0.05, 0) is 40.9 Å². The third-order valence-electron chi connectivity index (χ3n) is 3.50. The lowest BCUT2D eigenvalue weighted by Crippen LogP contribution is -2.35. The Balaban J connectivity index is 2.46. The fraction of sp³-hybridized carbons (Fsp3) is 0.417. The zero-order valence-electron chi connectivity index (χ0n) is 10.2. The standard InChI is InChI=1S/C12H11BrF2O4S/c13-8-1-2-9(14)7(10(8)15)5-12(11(16)17)3-4-20(18,19)6-12/h1-2H,3-6H2,(H,16,17). The van der Waals surface area contributed by atoms with E-state index in [9.17, 15) is 27.1 Å². The van der Waals surface area contributed by atoms with Crippen LogP contribution in [0.3, 0.4) is 0 Å². The molecule has 0 amide bonds. The molecule has 1 fully saturated rings. The number of sulfone groups is 1. The number of aliphatic carboxylic acids is 1. The molecule has 1 atom stereocenters. The minimum Gasteiger partial charge on any atom is -0.481 e. The first-order valence-corrected chi connectivity index (χ1v) is 8.34. The number of halogens is 3. The zero-order chi connectivity index (χ0) is 15.1. The third kappa shape index (κ3) is 2.71. The summed E-state index contributed by atoms with van der Waals surface area (Å²) in [4.78, 5) is 11.4. The fourth-order valence-electron chi connectivity index (χ4n) is 2.37. The summed E-state index contributed by atoms with van der Waals surface area (Å²) in [5, 5.41) is 9.29. The Morgan fingerprint density at radius 2 is 2.05 bits per heavy atom. The van der Waals surface area contributed by atoms with E-state index in [4.69, 9.17) is 0 Å². The number of carboxylic acids is 1. The van der Waals surface area contributed by atoms with Crippen LogP contribution in [0.4, 0.5) is 8.78 Å². The quantitative estimate of drug-likeness (QED) is 0.829. The predicted molar refractivity (Wildman–Crippen MR) is 71.1 cm³/mol. The smallest absolute Gasteiger partial charge is 0.311 e. The lowest BCUT2D eigenvalue weighted by Gasteiger charge is -2.23. The molecule has 1 aromatic carbocycles. The molecule has 0 radical (unpaired) electrons. The summed E-state index contributed by atoms with van der Waals surface area (Å²) < 4.78 is 50.7. The summed E-state index contributed by atoms with van der Waals surface area (Å²) in [6.45, 7) is 0. The van der Waals surface area contributed by atoms with Crippen molar-refractivity contribution in [3.8, 4) is 0 Å². The van der Waals surface area contributed by atoms with Crippen LogP contribution in [0.2, 0.25) is 0 Å². The number of carbonyl (C=O) groups is 1. The highest BCUT2D eigenvalue weighted by atomic mass is 79.9. The Kier molecular flexibility index (Phi) is 3.90. The van der Waals surface area contributed by atoms with Gasteiger partial charge in [-0.15, -0.1) is 0 Å². The molecule has 0 aromatic heterocycles. The summed E-state index contributed by atoms with van der Waals surface area (Å²) in [5.74, 6) is -4.00. The van der Waals surface area contributed by atoms with Crippen molar-refractivity contribution >= 4 is 31.7 Å². The number of hydrogen-bond donors (Lipinski definition) is 1. The van der Waals surface area contributed by atoms with Gasteiger partial charge in [0.1, 0.15) is 11.6 Å². The molecule has 8 heteroatoms. The van der Waals surface area contributed by atoms with Crippen LogP contribution in [-0.2, 0) is 21.1 Å². The molecule has 110 valence electrons. The van der Waals surface area contributed by atoms with Crippen LogP contribution in [0.25, 0.3) is 0 Å². The average Bonchev–Trinajstić information content (AvgIpc) is 2.67. The van der Waals surface area contributed by atoms with Gasteiger partial charge in [-0.3, -0.25) is 4.79 Å². The van der Waals surface area contributed by atoms with Crippen molar-refractivity contribution in [2.45, 2.75) is 12.8 Å². The minimum absolute atomic E-state index is 0.00953. The van der Waals surface area contributed by atoms with E-state index >= 15 is 0 Å². The van der Waals surface area contributed by atoms with Gasteiger partial charge in [-0.1, -0.05) is 0 Å². The Morgan fingerprint density at radius 3 is 2.55 bits per heavy atom. The normalized spacial score (nSPS) is 24.8. The van der Waals surface area contributed by atoms with Crippen molar-refractivity contribution in [2.24, 2.45) is 5.41 Å². The summed E-state index contributed by atoms with van der Waals surface area (Å²) in [7, 11) is -3.49. The van der Waals surface area contributed by atoms with Gasteiger partial charge in [-0.2, -0.15) is 0 Å². The summed E-state index contributed by atoms with van der Waals surface area (Å²) >= 11 is 2.90. The van der Waals surface area contributed by atoms with Crippen molar-refractivity contribution in [1.29, 1.82) is 0 Å². The van der Waals surface area contributed by atoms with Gasteiger partial charge < -0.3 is 5.11 Å². The lowest BCUT2D eigenvalue weighted by molar-refractivity contribution is -0.147. The second kappa shape index (κ2) is 5.07. The van der Waals surface area contributed by atoms with Gasteiger partial charge in [0.2, 0.25) is 0 Å². The molecular formula is C12H11BrF2O4S. The fourth-order valence-corrected chi connectivity index (χ4v) is 4.80. The van der Waals surface area contributed by atoms with Gasteiger partial charge in [0, 0.05) is 5.56 Å². The Bertz CT molecular complexity index is 674. The van der Waals surface area contributed by atoms with Crippen LogP contribution in [0.15, 0.2) is 16.6 Å². The van der Waals surface area contributed by atoms with Crippen molar-refractivity contribution in [3.63, 3.8) is 0 Å². The highest BCUT2D eigenvalue weighted by molar-refractivity contribution is 9.10. The number of benzene rings is 1. The second-order valence-corrected chi connectivity index (χ2v) is 7.96. The van der Waals surface area contributed by atoms with Crippen molar-refractivity contribution in [3.05, 3.63) is 33.8 Å². The summed E-state index contributed by atoms with van der Waals surface area (Å²) in [6.07, 6.45) is -0.630. The highest BCUT2D eigenvalue weighted by Crippen LogP contribution is 2.38. The van der Waals surface area contributed by atoms with Gasteiger partial charge in [0.05, 0.1) is 21.4 Å². The highest BCUT2D eigenvalue weighted by Gasteiger charge is 2.49. The van der Waals surface area contributed by atoms with Crippen LogP contribution in [0, 0.1) is 17.0 Å². The van der Waals surface area contributed by atoms with E-state index in [1.165, 1.54) is 6.07 Å².